The molecule has 2 aromatic heterocycles. The van der Waals surface area contributed by atoms with E-state index in [-0.39, 0.29) is 27.8 Å². The molecule has 49 heavy (non-hydrogen) atoms. The van der Waals surface area contributed by atoms with Gasteiger partial charge < -0.3 is 19.0 Å². The Kier molecular flexibility index (Phi) is 6.86. The molecule has 0 aliphatic carbocycles. The number of hydrogen-bond acceptors (Lipinski definition) is 4. The number of aromatic nitrogens is 3. The monoisotopic (exact) mass is 810 g/mol. The van der Waals surface area contributed by atoms with Gasteiger partial charge >= 0.3 is 21.1 Å². The van der Waals surface area contributed by atoms with E-state index in [0.717, 1.165) is 89.5 Å². The number of para-hydroxylation sites is 3. The van der Waals surface area contributed by atoms with Crippen LogP contribution in [0.2, 0.25) is 0 Å². The van der Waals surface area contributed by atoms with Gasteiger partial charge in [0.05, 0.1) is 16.9 Å². The zero-order valence-electron chi connectivity index (χ0n) is 26.6. The molecule has 8 aromatic rings. The number of nitrogens with zero attached hydrogens (tertiary/aromatic N) is 3. The summed E-state index contributed by atoms with van der Waals surface area (Å²) in [6, 6.07) is 46.9. The van der Waals surface area contributed by atoms with Gasteiger partial charge in [0.2, 0.25) is 6.71 Å². The Morgan fingerprint density at radius 2 is 1.27 bits per heavy atom. The van der Waals surface area contributed by atoms with Gasteiger partial charge in [-0.05, 0) is 65.7 Å². The van der Waals surface area contributed by atoms with Crippen LogP contribution in [0.3, 0.4) is 0 Å². The predicted molar refractivity (Wildman–Crippen MR) is 192 cm³/mol. The van der Waals surface area contributed by atoms with E-state index >= 15 is 0 Å². The molecule has 5 nitrogen and oxygen atoms in total. The van der Waals surface area contributed by atoms with Crippen molar-refractivity contribution in [1.29, 1.82) is 0 Å². The van der Waals surface area contributed by atoms with Crippen molar-refractivity contribution in [3.8, 4) is 51.3 Å². The molecule has 7 heteroatoms. The van der Waals surface area contributed by atoms with Gasteiger partial charge in [0, 0.05) is 28.8 Å². The number of rotatable bonds is 3. The van der Waals surface area contributed by atoms with Crippen molar-refractivity contribution in [1.82, 2.24) is 14.5 Å². The van der Waals surface area contributed by atoms with E-state index in [2.05, 4.69) is 103 Å². The molecular weight excluding hydrogens is 784 g/mol. The number of pyridine rings is 1. The van der Waals surface area contributed by atoms with Gasteiger partial charge in [-0.25, -0.2) is 0 Å². The third-order valence-corrected chi connectivity index (χ3v) is 9.58. The summed E-state index contributed by atoms with van der Waals surface area (Å²) in [6.45, 7) is 4.10. The van der Waals surface area contributed by atoms with Crippen LogP contribution < -0.4 is 25.9 Å². The third-order valence-electron chi connectivity index (χ3n) is 9.58. The number of imidazole rings is 1. The van der Waals surface area contributed by atoms with Crippen molar-refractivity contribution < 1.29 is 30.5 Å². The summed E-state index contributed by atoms with van der Waals surface area (Å²) in [7, 11) is 0. The van der Waals surface area contributed by atoms with Gasteiger partial charge in [0.25, 0.3) is 0 Å². The van der Waals surface area contributed by atoms with Crippen LogP contribution in [0.4, 0.5) is 0 Å². The molecule has 4 heterocycles. The van der Waals surface area contributed by atoms with Crippen LogP contribution in [0.5, 0.6) is 23.0 Å². The molecule has 0 saturated heterocycles. The molecule has 0 spiro atoms. The van der Waals surface area contributed by atoms with Crippen molar-refractivity contribution in [3.05, 3.63) is 145 Å². The number of fused-ring (bicyclic) bond motifs is 6. The standard InChI is InChI=1S/C42H26BN3O2.Pt/c1-25-9-7-10-26(2)41(25)46-35-14-6-5-13-33(35)45-42(46)29-18-20-37-32(22-29)43-31-21-28(34-23-27-11-3-4-12-30(27)24-44-34)17-19-36(31)47-38-15-8-16-39(48-37)40(38)43;/h3-20,23-24H,1-2H3;/q-2;+2. The van der Waals surface area contributed by atoms with E-state index in [9.17, 15) is 0 Å². The van der Waals surface area contributed by atoms with Crippen LogP contribution in [-0.2, 0) is 21.1 Å². The second kappa shape index (κ2) is 11.3. The van der Waals surface area contributed by atoms with E-state index in [1.54, 1.807) is 0 Å². The van der Waals surface area contributed by atoms with Gasteiger partial charge in [-0.2, -0.15) is 0 Å². The van der Waals surface area contributed by atoms with Crippen molar-refractivity contribution in [2.24, 2.45) is 0 Å². The fourth-order valence-corrected chi connectivity index (χ4v) is 7.36. The minimum absolute atomic E-state index is 0. The van der Waals surface area contributed by atoms with Crippen molar-refractivity contribution >= 4 is 44.9 Å². The summed E-state index contributed by atoms with van der Waals surface area (Å²) < 4.78 is 15.3. The van der Waals surface area contributed by atoms with Crippen LogP contribution in [-0.4, -0.2) is 21.2 Å². The van der Waals surface area contributed by atoms with Gasteiger partial charge in [-0.15, -0.1) is 58.5 Å². The van der Waals surface area contributed by atoms with Gasteiger partial charge in [0.15, 0.2) is 0 Å². The second-order valence-corrected chi connectivity index (χ2v) is 12.5. The molecule has 0 amide bonds. The number of aryl methyl sites for hydroxylation is 2. The maximum Gasteiger partial charge on any atom is 2.00 e. The minimum atomic E-state index is -0.206. The zero-order valence-corrected chi connectivity index (χ0v) is 28.9. The summed E-state index contributed by atoms with van der Waals surface area (Å²) in [4.78, 5) is 10.00. The largest absolute Gasteiger partial charge is 2.00 e. The number of ether oxygens (including phenoxy) is 2. The summed E-state index contributed by atoms with van der Waals surface area (Å²) in [5.41, 5.74) is 11.0. The smallest absolute Gasteiger partial charge is 0.503 e. The quantitative estimate of drug-likeness (QED) is 0.135. The molecule has 0 radical (unpaired) electrons. The minimum Gasteiger partial charge on any atom is -0.503 e. The molecule has 2 aliphatic heterocycles. The molecule has 0 unspecified atom stereocenters. The Hall–Kier alpha value is -5.45. The first kappa shape index (κ1) is 29.7. The Morgan fingerprint density at radius 3 is 2.02 bits per heavy atom. The molecule has 10 rings (SSSR count). The van der Waals surface area contributed by atoms with Gasteiger partial charge in [-0.1, -0.05) is 66.7 Å². The van der Waals surface area contributed by atoms with Crippen LogP contribution >= 0.6 is 0 Å². The molecular formula is C42H26BN3O2Pt. The van der Waals surface area contributed by atoms with Crippen molar-refractivity contribution in [3.63, 3.8) is 0 Å². The summed E-state index contributed by atoms with van der Waals surface area (Å²) in [5.74, 6) is 3.92. The topological polar surface area (TPSA) is 49.2 Å². The molecule has 0 N–H and O–H groups in total. The van der Waals surface area contributed by atoms with E-state index in [0.29, 0.717) is 0 Å². The Morgan fingerprint density at radius 1 is 0.633 bits per heavy atom. The van der Waals surface area contributed by atoms with Crippen LogP contribution in [0.15, 0.2) is 121 Å². The van der Waals surface area contributed by atoms with Gasteiger partial charge in [0.1, 0.15) is 11.5 Å². The van der Waals surface area contributed by atoms with E-state index in [4.69, 9.17) is 19.4 Å². The van der Waals surface area contributed by atoms with Crippen LogP contribution in [0.1, 0.15) is 11.1 Å². The first-order valence-electron chi connectivity index (χ1n) is 16.1. The first-order valence-corrected chi connectivity index (χ1v) is 16.1. The SMILES string of the molecule is Cc1cccc(C)c1-n1c(-c2[c-]c3c(cc2)Oc2cccc4c2B3c2[c-]c(-c3cc5ccccc5cn3)ccc2O4)nc2ccccc21.[Pt+2]. The fraction of sp³-hybridized carbons (Fsp3) is 0.0476. The molecule has 234 valence electrons. The van der Waals surface area contributed by atoms with Crippen molar-refractivity contribution in [2.75, 3.05) is 0 Å². The number of benzene rings is 6. The average Bonchev–Trinajstić information content (AvgIpc) is 3.50. The van der Waals surface area contributed by atoms with E-state index in [1.807, 2.05) is 48.7 Å². The van der Waals surface area contributed by atoms with Crippen molar-refractivity contribution in [2.45, 2.75) is 13.8 Å². The molecule has 6 aromatic carbocycles. The summed E-state index contributed by atoms with van der Waals surface area (Å²) in [6.07, 6.45) is 1.92. The fourth-order valence-electron chi connectivity index (χ4n) is 7.36. The zero-order chi connectivity index (χ0) is 31.9. The molecule has 2 aliphatic rings. The van der Waals surface area contributed by atoms with E-state index in [1.165, 1.54) is 11.1 Å². The van der Waals surface area contributed by atoms with Gasteiger partial charge in [-0.3, -0.25) is 4.98 Å². The Labute approximate surface area is 298 Å². The number of hydrogen-bond donors (Lipinski definition) is 0. The third kappa shape index (κ3) is 4.58. The molecule has 0 saturated carbocycles. The Balaban J connectivity index is 0.00000325. The first-order chi connectivity index (χ1) is 23.6. The normalized spacial score (nSPS) is 12.4. The summed E-state index contributed by atoms with van der Waals surface area (Å²) in [5, 5.41) is 2.24. The molecule has 0 atom stereocenters. The average molecular weight is 811 g/mol. The maximum atomic E-state index is 6.54. The van der Waals surface area contributed by atoms with E-state index < -0.39 is 0 Å². The predicted octanol–water partition coefficient (Wildman–Crippen LogP) is 7.85. The Bertz CT molecular complexity index is 2600. The maximum absolute atomic E-state index is 6.54. The summed E-state index contributed by atoms with van der Waals surface area (Å²) >= 11 is 0. The molecule has 0 fully saturated rings. The van der Waals surface area contributed by atoms with Crippen LogP contribution in [0, 0.1) is 26.0 Å². The van der Waals surface area contributed by atoms with Crippen LogP contribution in [0.25, 0.3) is 50.1 Å². The molecule has 0 bridgehead atoms. The second-order valence-electron chi connectivity index (χ2n) is 12.5.